The number of carbonyl (C=O) groups is 1. The summed E-state index contributed by atoms with van der Waals surface area (Å²) in [6.45, 7) is 2.92. The molecule has 26 heavy (non-hydrogen) atoms. The van der Waals surface area contributed by atoms with Gasteiger partial charge in [-0.15, -0.1) is 0 Å². The summed E-state index contributed by atoms with van der Waals surface area (Å²) in [6.07, 6.45) is 0.716. The molecule has 0 atom stereocenters. The molecule has 7 heteroatoms. The Labute approximate surface area is 160 Å². The fourth-order valence-electron chi connectivity index (χ4n) is 2.52. The third-order valence-corrected chi connectivity index (χ3v) is 6.27. The molecule has 0 heterocycles. The van der Waals surface area contributed by atoms with Crippen molar-refractivity contribution >= 4 is 27.5 Å². The molecule has 0 aromatic heterocycles. The van der Waals surface area contributed by atoms with Crippen molar-refractivity contribution in [2.75, 3.05) is 27.2 Å². The normalized spacial score (nSPS) is 11.6. The Morgan fingerprint density at radius 2 is 1.73 bits per heavy atom. The first-order valence-corrected chi connectivity index (χ1v) is 10.1. The highest BCUT2D eigenvalue weighted by Gasteiger charge is 2.23. The first-order valence-electron chi connectivity index (χ1n) is 8.32. The zero-order chi connectivity index (χ0) is 19.3. The zero-order valence-electron chi connectivity index (χ0n) is 15.1. The SMILES string of the molecule is CCN(CCc1ccccc1)C(=O)c1cc(S(=O)(=O)N(C)C)ccc1Cl. The summed E-state index contributed by atoms with van der Waals surface area (Å²) in [7, 11) is -0.737. The van der Waals surface area contributed by atoms with Gasteiger partial charge in [0.1, 0.15) is 0 Å². The second-order valence-electron chi connectivity index (χ2n) is 6.05. The summed E-state index contributed by atoms with van der Waals surface area (Å²) in [6, 6.07) is 14.1. The quantitative estimate of drug-likeness (QED) is 0.724. The molecule has 1 amide bonds. The summed E-state index contributed by atoms with van der Waals surface area (Å²) < 4.78 is 25.8. The number of halogens is 1. The van der Waals surface area contributed by atoms with Crippen LogP contribution in [0, 0.1) is 0 Å². The predicted molar refractivity (Wildman–Crippen MR) is 104 cm³/mol. The Morgan fingerprint density at radius 1 is 1.08 bits per heavy atom. The molecule has 0 saturated heterocycles. The monoisotopic (exact) mass is 394 g/mol. The molecule has 0 aliphatic carbocycles. The lowest BCUT2D eigenvalue weighted by Gasteiger charge is -2.22. The smallest absolute Gasteiger partial charge is 0.255 e. The van der Waals surface area contributed by atoms with E-state index in [1.54, 1.807) is 4.90 Å². The number of amides is 1. The maximum atomic E-state index is 12.9. The van der Waals surface area contributed by atoms with Gasteiger partial charge < -0.3 is 4.90 Å². The van der Waals surface area contributed by atoms with Gasteiger partial charge in [0.2, 0.25) is 10.0 Å². The van der Waals surface area contributed by atoms with Crippen molar-refractivity contribution < 1.29 is 13.2 Å². The second kappa shape index (κ2) is 8.66. The van der Waals surface area contributed by atoms with Crippen molar-refractivity contribution in [2.24, 2.45) is 0 Å². The van der Waals surface area contributed by atoms with Crippen LogP contribution in [0.5, 0.6) is 0 Å². The van der Waals surface area contributed by atoms with Crippen LogP contribution in [0.4, 0.5) is 0 Å². The summed E-state index contributed by atoms with van der Waals surface area (Å²) in [4.78, 5) is 14.6. The maximum Gasteiger partial charge on any atom is 0.255 e. The van der Waals surface area contributed by atoms with Crippen LogP contribution in [0.3, 0.4) is 0 Å². The molecule has 0 spiro atoms. The van der Waals surface area contributed by atoms with Gasteiger partial charge in [-0.1, -0.05) is 41.9 Å². The van der Waals surface area contributed by atoms with Crippen LogP contribution in [-0.2, 0) is 16.4 Å². The fourth-order valence-corrected chi connectivity index (χ4v) is 3.65. The van der Waals surface area contributed by atoms with Crippen LogP contribution >= 0.6 is 11.6 Å². The molecule has 0 fully saturated rings. The average Bonchev–Trinajstić information content (AvgIpc) is 2.63. The van der Waals surface area contributed by atoms with Crippen LogP contribution < -0.4 is 0 Å². The predicted octanol–water partition coefficient (Wildman–Crippen LogP) is 3.30. The minimum Gasteiger partial charge on any atom is -0.339 e. The van der Waals surface area contributed by atoms with E-state index in [-0.39, 0.29) is 21.4 Å². The minimum atomic E-state index is -3.63. The van der Waals surface area contributed by atoms with Crippen molar-refractivity contribution in [1.82, 2.24) is 9.21 Å². The van der Waals surface area contributed by atoms with Crippen molar-refractivity contribution in [3.8, 4) is 0 Å². The summed E-state index contributed by atoms with van der Waals surface area (Å²) in [5, 5.41) is 0.242. The fraction of sp³-hybridized carbons (Fsp3) is 0.316. The van der Waals surface area contributed by atoms with Crippen LogP contribution in [0.15, 0.2) is 53.4 Å². The van der Waals surface area contributed by atoms with E-state index in [2.05, 4.69) is 0 Å². The number of benzene rings is 2. The van der Waals surface area contributed by atoms with E-state index >= 15 is 0 Å². The standard InChI is InChI=1S/C19H23ClN2O3S/c1-4-22(13-12-15-8-6-5-7-9-15)19(23)17-14-16(10-11-18(17)20)26(24,25)21(2)3/h5-11,14H,4,12-13H2,1-3H3. The number of nitrogens with zero attached hydrogens (tertiary/aromatic N) is 2. The molecule has 0 radical (unpaired) electrons. The van der Waals surface area contributed by atoms with Gasteiger partial charge in [-0.25, -0.2) is 12.7 Å². The van der Waals surface area contributed by atoms with E-state index in [1.165, 1.54) is 32.3 Å². The van der Waals surface area contributed by atoms with E-state index in [0.717, 1.165) is 9.87 Å². The molecular formula is C19H23ClN2O3S. The molecule has 140 valence electrons. The maximum absolute atomic E-state index is 12.9. The van der Waals surface area contributed by atoms with Crippen LogP contribution in [0.1, 0.15) is 22.8 Å². The molecule has 0 aliphatic heterocycles. The van der Waals surface area contributed by atoms with Gasteiger partial charge in [-0.3, -0.25) is 4.79 Å². The Kier molecular flexibility index (Phi) is 6.81. The highest BCUT2D eigenvalue weighted by Crippen LogP contribution is 2.23. The minimum absolute atomic E-state index is 0.0503. The van der Waals surface area contributed by atoms with E-state index in [0.29, 0.717) is 19.5 Å². The second-order valence-corrected chi connectivity index (χ2v) is 8.61. The number of hydrogen-bond donors (Lipinski definition) is 0. The van der Waals surface area contributed by atoms with Gasteiger partial charge in [0.05, 0.1) is 15.5 Å². The molecule has 0 aliphatic rings. The van der Waals surface area contributed by atoms with Crippen molar-refractivity contribution in [2.45, 2.75) is 18.2 Å². The molecule has 0 saturated carbocycles. The highest BCUT2D eigenvalue weighted by atomic mass is 35.5. The Morgan fingerprint density at radius 3 is 2.31 bits per heavy atom. The average molecular weight is 395 g/mol. The number of likely N-dealkylation sites (N-methyl/N-ethyl adjacent to an activating group) is 1. The van der Waals surface area contributed by atoms with E-state index < -0.39 is 10.0 Å². The van der Waals surface area contributed by atoms with Gasteiger partial charge >= 0.3 is 0 Å². The first-order chi connectivity index (χ1) is 12.3. The molecule has 0 bridgehead atoms. The molecule has 2 aromatic carbocycles. The first kappa shape index (κ1) is 20.4. The Hall–Kier alpha value is -1.89. The third kappa shape index (κ3) is 4.63. The Balaban J connectivity index is 2.26. The van der Waals surface area contributed by atoms with E-state index in [9.17, 15) is 13.2 Å². The molecular weight excluding hydrogens is 372 g/mol. The number of carbonyl (C=O) groups excluding carboxylic acids is 1. The van der Waals surface area contributed by atoms with Crippen molar-refractivity contribution in [3.05, 3.63) is 64.7 Å². The van der Waals surface area contributed by atoms with Crippen LogP contribution in [0.25, 0.3) is 0 Å². The molecule has 2 aromatic rings. The molecule has 0 unspecified atom stereocenters. The van der Waals surface area contributed by atoms with E-state index in [4.69, 9.17) is 11.6 Å². The topological polar surface area (TPSA) is 57.7 Å². The summed E-state index contributed by atoms with van der Waals surface area (Å²) in [5.41, 5.74) is 1.33. The van der Waals surface area contributed by atoms with Crippen LogP contribution in [0.2, 0.25) is 5.02 Å². The molecule has 5 nitrogen and oxygen atoms in total. The van der Waals surface area contributed by atoms with Crippen LogP contribution in [-0.4, -0.2) is 50.7 Å². The molecule has 2 rings (SSSR count). The lowest BCUT2D eigenvalue weighted by Crippen LogP contribution is -2.33. The van der Waals surface area contributed by atoms with Crippen molar-refractivity contribution in [1.29, 1.82) is 0 Å². The Bertz CT molecular complexity index is 868. The number of hydrogen-bond acceptors (Lipinski definition) is 3. The summed E-state index contributed by atoms with van der Waals surface area (Å²) >= 11 is 6.18. The largest absolute Gasteiger partial charge is 0.339 e. The number of sulfonamides is 1. The lowest BCUT2D eigenvalue weighted by atomic mass is 10.1. The van der Waals surface area contributed by atoms with Gasteiger partial charge in [-0.2, -0.15) is 0 Å². The van der Waals surface area contributed by atoms with Gasteiger partial charge in [0.25, 0.3) is 5.91 Å². The summed E-state index contributed by atoms with van der Waals surface area (Å²) in [5.74, 6) is -0.274. The molecule has 0 N–H and O–H groups in total. The van der Waals surface area contributed by atoms with E-state index in [1.807, 2.05) is 37.3 Å². The third-order valence-electron chi connectivity index (χ3n) is 4.13. The lowest BCUT2D eigenvalue weighted by molar-refractivity contribution is 0.0766. The van der Waals surface area contributed by atoms with Gasteiger partial charge in [0, 0.05) is 27.2 Å². The van der Waals surface area contributed by atoms with Gasteiger partial charge in [-0.05, 0) is 37.1 Å². The zero-order valence-corrected chi connectivity index (χ0v) is 16.7. The van der Waals surface area contributed by atoms with Crippen molar-refractivity contribution in [3.63, 3.8) is 0 Å². The number of rotatable bonds is 7. The van der Waals surface area contributed by atoms with Gasteiger partial charge in [0.15, 0.2) is 0 Å². The highest BCUT2D eigenvalue weighted by molar-refractivity contribution is 7.89.